The van der Waals surface area contributed by atoms with E-state index in [1.54, 1.807) is 7.11 Å². The van der Waals surface area contributed by atoms with Crippen molar-refractivity contribution in [1.29, 1.82) is 0 Å². The van der Waals surface area contributed by atoms with Crippen molar-refractivity contribution in [3.63, 3.8) is 0 Å². The lowest BCUT2D eigenvalue weighted by Crippen LogP contribution is -2.18. The van der Waals surface area contributed by atoms with Gasteiger partial charge in [-0.1, -0.05) is 50.1 Å². The highest BCUT2D eigenvalue weighted by Crippen LogP contribution is 2.26. The molecule has 4 heteroatoms. The van der Waals surface area contributed by atoms with Crippen LogP contribution >= 0.6 is 31.9 Å². The summed E-state index contributed by atoms with van der Waals surface area (Å²) in [5, 5.41) is 3.53. The highest BCUT2D eigenvalue weighted by atomic mass is 79.9. The predicted molar refractivity (Wildman–Crippen MR) is 90.1 cm³/mol. The molecule has 0 fully saturated rings. The first-order valence-corrected chi connectivity index (χ1v) is 8.00. The van der Waals surface area contributed by atoms with Crippen LogP contribution in [0.25, 0.3) is 0 Å². The van der Waals surface area contributed by atoms with E-state index in [2.05, 4.69) is 68.4 Å². The molecule has 0 saturated heterocycles. The smallest absolute Gasteiger partial charge is 0.123 e. The van der Waals surface area contributed by atoms with E-state index in [1.807, 2.05) is 18.2 Å². The second kappa shape index (κ2) is 7.25. The van der Waals surface area contributed by atoms with Gasteiger partial charge in [-0.2, -0.15) is 0 Å². The van der Waals surface area contributed by atoms with E-state index in [0.717, 1.165) is 26.8 Å². The standard InChI is InChI=1S/C16H17Br2NO/c1-11(14-5-3-4-6-15(14)18)19-10-12-9-13(17)7-8-16(12)20-2/h3-9,11,19H,10H2,1-2H3/t11-/m1/s1. The van der Waals surface area contributed by atoms with Crippen molar-refractivity contribution in [3.8, 4) is 5.75 Å². The normalized spacial score (nSPS) is 12.2. The second-order valence-electron chi connectivity index (χ2n) is 4.58. The molecular formula is C16H17Br2NO. The Balaban J connectivity index is 2.09. The van der Waals surface area contributed by atoms with Gasteiger partial charge >= 0.3 is 0 Å². The fourth-order valence-electron chi connectivity index (χ4n) is 2.08. The third kappa shape index (κ3) is 3.84. The maximum absolute atomic E-state index is 5.39. The zero-order valence-electron chi connectivity index (χ0n) is 11.5. The van der Waals surface area contributed by atoms with Gasteiger partial charge in [-0.25, -0.2) is 0 Å². The van der Waals surface area contributed by atoms with Gasteiger partial charge in [0.2, 0.25) is 0 Å². The second-order valence-corrected chi connectivity index (χ2v) is 6.35. The van der Waals surface area contributed by atoms with Gasteiger partial charge in [0.25, 0.3) is 0 Å². The van der Waals surface area contributed by atoms with Gasteiger partial charge in [-0.15, -0.1) is 0 Å². The fourth-order valence-corrected chi connectivity index (χ4v) is 3.12. The minimum absolute atomic E-state index is 0.259. The first kappa shape index (κ1) is 15.5. The maximum atomic E-state index is 5.39. The molecule has 106 valence electrons. The molecule has 0 unspecified atom stereocenters. The highest BCUT2D eigenvalue weighted by Gasteiger charge is 2.10. The number of hydrogen-bond donors (Lipinski definition) is 1. The lowest BCUT2D eigenvalue weighted by atomic mass is 10.1. The molecule has 2 aromatic carbocycles. The fraction of sp³-hybridized carbons (Fsp3) is 0.250. The molecule has 2 nitrogen and oxygen atoms in total. The van der Waals surface area contributed by atoms with Crippen LogP contribution in [-0.4, -0.2) is 7.11 Å². The van der Waals surface area contributed by atoms with Gasteiger partial charge in [0, 0.05) is 27.1 Å². The maximum Gasteiger partial charge on any atom is 0.123 e. The number of benzene rings is 2. The molecule has 0 heterocycles. The summed E-state index contributed by atoms with van der Waals surface area (Å²) in [7, 11) is 1.70. The van der Waals surface area contributed by atoms with Crippen LogP contribution in [0.15, 0.2) is 51.4 Å². The Kier molecular flexibility index (Phi) is 5.64. The van der Waals surface area contributed by atoms with Crippen molar-refractivity contribution >= 4 is 31.9 Å². The van der Waals surface area contributed by atoms with Crippen molar-refractivity contribution in [3.05, 3.63) is 62.5 Å². The zero-order valence-corrected chi connectivity index (χ0v) is 14.7. The van der Waals surface area contributed by atoms with Gasteiger partial charge in [0.15, 0.2) is 0 Å². The molecule has 0 aromatic heterocycles. The summed E-state index contributed by atoms with van der Waals surface area (Å²) in [6.07, 6.45) is 0. The molecule has 0 aliphatic heterocycles. The molecule has 0 bridgehead atoms. The first-order chi connectivity index (χ1) is 9.61. The third-order valence-corrected chi connectivity index (χ3v) is 4.43. The van der Waals surface area contributed by atoms with Crippen LogP contribution in [0.3, 0.4) is 0 Å². The molecule has 20 heavy (non-hydrogen) atoms. The summed E-state index contributed by atoms with van der Waals surface area (Å²) in [4.78, 5) is 0. The quantitative estimate of drug-likeness (QED) is 0.758. The van der Waals surface area contributed by atoms with Crippen molar-refractivity contribution in [1.82, 2.24) is 5.32 Å². The summed E-state index contributed by atoms with van der Waals surface area (Å²) in [5.41, 5.74) is 2.39. The molecule has 0 radical (unpaired) electrons. The molecule has 0 amide bonds. The summed E-state index contributed by atoms with van der Waals surface area (Å²) in [6.45, 7) is 2.91. The lowest BCUT2D eigenvalue weighted by Gasteiger charge is -2.17. The number of ether oxygens (including phenoxy) is 1. The third-order valence-electron chi connectivity index (χ3n) is 3.21. The Bertz CT molecular complexity index is 586. The van der Waals surface area contributed by atoms with E-state index in [1.165, 1.54) is 5.56 Å². The van der Waals surface area contributed by atoms with Crippen molar-refractivity contribution < 1.29 is 4.74 Å². The molecule has 0 aliphatic carbocycles. The predicted octanol–water partition coefficient (Wildman–Crippen LogP) is 5.07. The Hall–Kier alpha value is -0.840. The van der Waals surface area contributed by atoms with Crippen LogP contribution < -0.4 is 10.1 Å². The SMILES string of the molecule is COc1ccc(Br)cc1CN[C@H](C)c1ccccc1Br. The minimum atomic E-state index is 0.259. The molecule has 0 saturated carbocycles. The molecule has 2 aromatic rings. The van der Waals surface area contributed by atoms with Crippen LogP contribution in [0.1, 0.15) is 24.1 Å². The molecule has 1 N–H and O–H groups in total. The molecule has 2 rings (SSSR count). The Morgan fingerprint density at radius 2 is 1.90 bits per heavy atom. The molecule has 0 aliphatic rings. The van der Waals surface area contributed by atoms with Gasteiger partial charge in [-0.05, 0) is 36.8 Å². The average molecular weight is 399 g/mol. The number of rotatable bonds is 5. The van der Waals surface area contributed by atoms with Crippen LogP contribution in [0, 0.1) is 0 Å². The number of halogens is 2. The van der Waals surface area contributed by atoms with Gasteiger partial charge < -0.3 is 10.1 Å². The van der Waals surface area contributed by atoms with Crippen molar-refractivity contribution in [2.24, 2.45) is 0 Å². The van der Waals surface area contributed by atoms with Gasteiger partial charge in [-0.3, -0.25) is 0 Å². The van der Waals surface area contributed by atoms with Crippen LogP contribution in [-0.2, 0) is 6.54 Å². The van der Waals surface area contributed by atoms with Gasteiger partial charge in [0.05, 0.1) is 7.11 Å². The van der Waals surface area contributed by atoms with Crippen molar-refractivity contribution in [2.75, 3.05) is 7.11 Å². The number of methoxy groups -OCH3 is 1. The van der Waals surface area contributed by atoms with Crippen LogP contribution in [0.4, 0.5) is 0 Å². The highest BCUT2D eigenvalue weighted by molar-refractivity contribution is 9.10. The van der Waals surface area contributed by atoms with Crippen molar-refractivity contribution in [2.45, 2.75) is 19.5 Å². The number of hydrogen-bond acceptors (Lipinski definition) is 2. The van der Waals surface area contributed by atoms with E-state index in [0.29, 0.717) is 0 Å². The summed E-state index contributed by atoms with van der Waals surface area (Å²) < 4.78 is 7.58. The summed E-state index contributed by atoms with van der Waals surface area (Å²) >= 11 is 7.09. The first-order valence-electron chi connectivity index (χ1n) is 6.42. The van der Waals surface area contributed by atoms with E-state index in [-0.39, 0.29) is 6.04 Å². The monoisotopic (exact) mass is 397 g/mol. The van der Waals surface area contributed by atoms with E-state index >= 15 is 0 Å². The van der Waals surface area contributed by atoms with E-state index in [4.69, 9.17) is 4.74 Å². The Morgan fingerprint density at radius 3 is 2.60 bits per heavy atom. The molecular weight excluding hydrogens is 382 g/mol. The van der Waals surface area contributed by atoms with Crippen LogP contribution in [0.5, 0.6) is 5.75 Å². The average Bonchev–Trinajstić information content (AvgIpc) is 2.45. The largest absolute Gasteiger partial charge is 0.496 e. The minimum Gasteiger partial charge on any atom is -0.496 e. The van der Waals surface area contributed by atoms with Gasteiger partial charge in [0.1, 0.15) is 5.75 Å². The van der Waals surface area contributed by atoms with E-state index in [9.17, 15) is 0 Å². The number of nitrogens with one attached hydrogen (secondary N) is 1. The van der Waals surface area contributed by atoms with E-state index < -0.39 is 0 Å². The Labute approximate surface area is 136 Å². The summed E-state index contributed by atoms with van der Waals surface area (Å²) in [6, 6.07) is 14.6. The molecule has 0 spiro atoms. The molecule has 1 atom stereocenters. The summed E-state index contributed by atoms with van der Waals surface area (Å²) in [5.74, 6) is 0.903. The zero-order chi connectivity index (χ0) is 14.5. The Morgan fingerprint density at radius 1 is 1.15 bits per heavy atom. The lowest BCUT2D eigenvalue weighted by molar-refractivity contribution is 0.406. The van der Waals surface area contributed by atoms with Crippen LogP contribution in [0.2, 0.25) is 0 Å². The topological polar surface area (TPSA) is 21.3 Å².